The number of nitrogens with zero attached hydrogens (tertiary/aromatic N) is 4. The maximum Gasteiger partial charge on any atom is 0.269 e. The molecule has 4 rings (SSSR count). The van der Waals surface area contributed by atoms with Gasteiger partial charge in [-0.1, -0.05) is 11.3 Å². The van der Waals surface area contributed by atoms with Gasteiger partial charge in [0.1, 0.15) is 21.0 Å². The van der Waals surface area contributed by atoms with Gasteiger partial charge in [-0.15, -0.1) is 21.5 Å². The van der Waals surface area contributed by atoms with Crippen LogP contribution in [0.3, 0.4) is 0 Å². The smallest absolute Gasteiger partial charge is 0.269 e. The maximum atomic E-state index is 12.6. The van der Waals surface area contributed by atoms with Gasteiger partial charge in [0.2, 0.25) is 5.13 Å². The average Bonchev–Trinajstić information content (AvgIpc) is 3.35. The maximum absolute atomic E-state index is 12.6. The number of carbonyl (C=O) groups is 1. The van der Waals surface area contributed by atoms with Crippen molar-refractivity contribution in [3.05, 3.63) is 40.1 Å². The Bertz CT molecular complexity index is 887. The van der Waals surface area contributed by atoms with E-state index in [2.05, 4.69) is 25.5 Å². The molecular weight excluding hydrogens is 358 g/mol. The number of anilines is 1. The van der Waals surface area contributed by atoms with Crippen LogP contribution in [0.15, 0.2) is 24.5 Å². The van der Waals surface area contributed by atoms with Crippen molar-refractivity contribution >= 4 is 33.7 Å². The lowest BCUT2D eigenvalue weighted by Gasteiger charge is -2.02. The monoisotopic (exact) mass is 373 g/mol. The van der Waals surface area contributed by atoms with Gasteiger partial charge in [0.05, 0.1) is 5.69 Å². The number of nitrogens with one attached hydrogen (secondary N) is 1. The summed E-state index contributed by atoms with van der Waals surface area (Å²) in [7, 11) is 0. The molecule has 3 aromatic rings. The third-order valence-corrected chi connectivity index (χ3v) is 5.93. The molecular formula is C16H15N5O2S2. The fourth-order valence-corrected chi connectivity index (χ4v) is 4.36. The van der Waals surface area contributed by atoms with Gasteiger partial charge < -0.3 is 4.74 Å². The predicted octanol–water partition coefficient (Wildman–Crippen LogP) is 3.47. The van der Waals surface area contributed by atoms with Gasteiger partial charge in [-0.05, 0) is 31.9 Å². The average molecular weight is 373 g/mol. The van der Waals surface area contributed by atoms with Crippen molar-refractivity contribution in [3.63, 3.8) is 0 Å². The van der Waals surface area contributed by atoms with Crippen LogP contribution in [0.4, 0.5) is 5.13 Å². The normalized spacial score (nSPS) is 16.9. The highest BCUT2D eigenvalue weighted by atomic mass is 32.1. The van der Waals surface area contributed by atoms with Crippen LogP contribution in [0.25, 0.3) is 10.6 Å². The minimum Gasteiger partial charge on any atom is -0.371 e. The Hall–Kier alpha value is -2.23. The summed E-state index contributed by atoms with van der Waals surface area (Å²) in [5.74, 6) is -0.217. The minimum absolute atomic E-state index is 0.00610. The standard InChI is InChI=1S/C16H15N5O2S2/c1-9-12(24-14(18-9)10-4-6-17-7-5-10)13(22)19-16-21-20-15(25-16)11-3-2-8-23-11/h4-7,11H,2-3,8H2,1H3,(H,19,21,22). The molecule has 9 heteroatoms. The lowest BCUT2D eigenvalue weighted by molar-refractivity contribution is 0.102. The van der Waals surface area contributed by atoms with E-state index in [0.717, 1.165) is 35.0 Å². The Morgan fingerprint density at radius 2 is 2.12 bits per heavy atom. The van der Waals surface area contributed by atoms with E-state index in [0.29, 0.717) is 15.7 Å². The summed E-state index contributed by atoms with van der Waals surface area (Å²) in [6.07, 6.45) is 5.40. The number of thiazole rings is 1. The molecule has 0 aliphatic carbocycles. The molecule has 4 heterocycles. The largest absolute Gasteiger partial charge is 0.371 e. The summed E-state index contributed by atoms with van der Waals surface area (Å²) >= 11 is 2.71. The number of rotatable bonds is 4. The van der Waals surface area contributed by atoms with E-state index in [1.54, 1.807) is 12.4 Å². The van der Waals surface area contributed by atoms with Crippen molar-refractivity contribution in [3.8, 4) is 10.6 Å². The van der Waals surface area contributed by atoms with Gasteiger partial charge in [-0.3, -0.25) is 15.1 Å². The third-order valence-electron chi connectivity index (χ3n) is 3.80. The van der Waals surface area contributed by atoms with Crippen LogP contribution in [0.5, 0.6) is 0 Å². The number of ether oxygens (including phenoxy) is 1. The molecule has 3 aromatic heterocycles. The Balaban J connectivity index is 1.51. The first kappa shape index (κ1) is 16.2. The molecule has 1 unspecified atom stereocenters. The number of pyridine rings is 1. The number of amides is 1. The van der Waals surface area contributed by atoms with Crippen molar-refractivity contribution in [1.29, 1.82) is 0 Å². The third kappa shape index (κ3) is 3.44. The van der Waals surface area contributed by atoms with Crippen molar-refractivity contribution < 1.29 is 9.53 Å². The van der Waals surface area contributed by atoms with E-state index in [1.807, 2.05) is 19.1 Å². The fourth-order valence-electron chi connectivity index (χ4n) is 2.57. The van der Waals surface area contributed by atoms with Crippen LogP contribution in [0, 0.1) is 6.92 Å². The fraction of sp³-hybridized carbons (Fsp3) is 0.312. The quantitative estimate of drug-likeness (QED) is 0.753. The molecule has 1 fully saturated rings. The van der Waals surface area contributed by atoms with E-state index in [-0.39, 0.29) is 12.0 Å². The summed E-state index contributed by atoms with van der Waals surface area (Å²) in [4.78, 5) is 21.6. The number of aryl methyl sites for hydroxylation is 1. The van der Waals surface area contributed by atoms with Crippen LogP contribution in [-0.4, -0.2) is 32.7 Å². The second-order valence-corrected chi connectivity index (χ2v) is 7.58. The first-order valence-electron chi connectivity index (χ1n) is 7.85. The molecule has 25 heavy (non-hydrogen) atoms. The summed E-state index contributed by atoms with van der Waals surface area (Å²) in [6.45, 7) is 2.58. The molecule has 1 aliphatic rings. The molecule has 0 aromatic carbocycles. The van der Waals surface area contributed by atoms with Gasteiger partial charge in [-0.2, -0.15) is 0 Å². The van der Waals surface area contributed by atoms with E-state index in [1.165, 1.54) is 22.7 Å². The van der Waals surface area contributed by atoms with Gasteiger partial charge in [0.15, 0.2) is 0 Å². The van der Waals surface area contributed by atoms with Gasteiger partial charge in [-0.25, -0.2) is 4.98 Å². The molecule has 1 N–H and O–H groups in total. The topological polar surface area (TPSA) is 89.9 Å². The van der Waals surface area contributed by atoms with E-state index < -0.39 is 0 Å². The zero-order chi connectivity index (χ0) is 17.2. The van der Waals surface area contributed by atoms with Gasteiger partial charge in [0.25, 0.3) is 5.91 Å². The Kier molecular flexibility index (Phi) is 4.51. The molecule has 7 nitrogen and oxygen atoms in total. The second kappa shape index (κ2) is 6.95. The van der Waals surface area contributed by atoms with Crippen LogP contribution >= 0.6 is 22.7 Å². The number of aromatic nitrogens is 4. The van der Waals surface area contributed by atoms with Crippen molar-refractivity contribution in [2.75, 3.05) is 11.9 Å². The van der Waals surface area contributed by atoms with Crippen LogP contribution < -0.4 is 5.32 Å². The molecule has 0 radical (unpaired) electrons. The van der Waals surface area contributed by atoms with E-state index in [9.17, 15) is 4.79 Å². The number of carbonyl (C=O) groups excluding carboxylic acids is 1. The Morgan fingerprint density at radius 1 is 1.28 bits per heavy atom. The lowest BCUT2D eigenvalue weighted by Crippen LogP contribution is -2.11. The summed E-state index contributed by atoms with van der Waals surface area (Å²) < 4.78 is 5.60. The second-order valence-electron chi connectivity index (χ2n) is 5.57. The Morgan fingerprint density at radius 3 is 2.88 bits per heavy atom. The highest BCUT2D eigenvalue weighted by molar-refractivity contribution is 7.17. The van der Waals surface area contributed by atoms with E-state index in [4.69, 9.17) is 4.74 Å². The zero-order valence-corrected chi connectivity index (χ0v) is 15.1. The molecule has 1 atom stereocenters. The molecule has 0 bridgehead atoms. The Labute approximate surface area is 152 Å². The van der Waals surface area contributed by atoms with E-state index >= 15 is 0 Å². The highest BCUT2D eigenvalue weighted by Crippen LogP contribution is 2.33. The van der Waals surface area contributed by atoms with Crippen LogP contribution in [-0.2, 0) is 4.74 Å². The molecule has 1 saturated heterocycles. The summed E-state index contributed by atoms with van der Waals surface area (Å²) in [5, 5.41) is 13.1. The lowest BCUT2D eigenvalue weighted by atomic mass is 10.2. The zero-order valence-electron chi connectivity index (χ0n) is 13.4. The molecule has 128 valence electrons. The van der Waals surface area contributed by atoms with Crippen LogP contribution in [0.1, 0.15) is 39.3 Å². The number of hydrogen-bond donors (Lipinski definition) is 1. The first-order chi connectivity index (χ1) is 12.2. The van der Waals surface area contributed by atoms with Gasteiger partial charge in [0, 0.05) is 24.6 Å². The highest BCUT2D eigenvalue weighted by Gasteiger charge is 2.23. The molecule has 0 spiro atoms. The number of hydrogen-bond acceptors (Lipinski definition) is 8. The minimum atomic E-state index is -0.217. The van der Waals surface area contributed by atoms with Gasteiger partial charge >= 0.3 is 0 Å². The molecule has 1 aliphatic heterocycles. The van der Waals surface area contributed by atoms with Crippen LogP contribution in [0.2, 0.25) is 0 Å². The van der Waals surface area contributed by atoms with Crippen molar-refractivity contribution in [1.82, 2.24) is 20.2 Å². The first-order valence-corrected chi connectivity index (χ1v) is 9.48. The summed E-state index contributed by atoms with van der Waals surface area (Å²) in [5.41, 5.74) is 1.64. The molecule has 1 amide bonds. The van der Waals surface area contributed by atoms with Crippen molar-refractivity contribution in [2.45, 2.75) is 25.9 Å². The predicted molar refractivity (Wildman–Crippen MR) is 95.9 cm³/mol. The van der Waals surface area contributed by atoms with Crippen molar-refractivity contribution in [2.24, 2.45) is 0 Å². The SMILES string of the molecule is Cc1nc(-c2ccncc2)sc1C(=O)Nc1nnc(C2CCCO2)s1. The summed E-state index contributed by atoms with van der Waals surface area (Å²) in [6, 6.07) is 3.75. The molecule has 0 saturated carbocycles.